The van der Waals surface area contributed by atoms with Crippen molar-refractivity contribution in [2.75, 3.05) is 11.9 Å². The number of carbonyl (C=O) groups is 1. The molecule has 0 saturated carbocycles. The predicted octanol–water partition coefficient (Wildman–Crippen LogP) is 0.536. The average Bonchev–Trinajstić information content (AvgIpc) is 2.16. The van der Waals surface area contributed by atoms with Crippen molar-refractivity contribution in [2.24, 2.45) is 5.84 Å². The summed E-state index contributed by atoms with van der Waals surface area (Å²) >= 11 is 0. The standard InChI is InChI=1S/C9H12FN3O/c1-6-2-3-8(7(10)4-6)12-5-9(14)13-11/h2-4,12H,5,11H2,1H3,(H,13,14). The first kappa shape index (κ1) is 10.5. The summed E-state index contributed by atoms with van der Waals surface area (Å²) in [6.45, 7) is 1.75. The second-order valence-electron chi connectivity index (χ2n) is 2.90. The molecule has 0 bridgehead atoms. The summed E-state index contributed by atoms with van der Waals surface area (Å²) in [6, 6.07) is 4.73. The Morgan fingerprint density at radius 1 is 1.57 bits per heavy atom. The molecule has 0 saturated heterocycles. The van der Waals surface area contributed by atoms with Gasteiger partial charge in [-0.3, -0.25) is 10.2 Å². The van der Waals surface area contributed by atoms with Crippen LogP contribution >= 0.6 is 0 Å². The summed E-state index contributed by atoms with van der Waals surface area (Å²) in [5.41, 5.74) is 3.06. The SMILES string of the molecule is Cc1ccc(NCC(=O)NN)c(F)c1. The molecule has 4 N–H and O–H groups in total. The van der Waals surface area contributed by atoms with Gasteiger partial charge in [-0.25, -0.2) is 10.2 Å². The molecule has 1 rings (SSSR count). The van der Waals surface area contributed by atoms with Gasteiger partial charge in [-0.15, -0.1) is 0 Å². The largest absolute Gasteiger partial charge is 0.374 e. The second kappa shape index (κ2) is 4.57. The Hall–Kier alpha value is -1.62. The molecule has 0 radical (unpaired) electrons. The minimum Gasteiger partial charge on any atom is -0.374 e. The van der Waals surface area contributed by atoms with E-state index >= 15 is 0 Å². The van der Waals surface area contributed by atoms with Crippen molar-refractivity contribution < 1.29 is 9.18 Å². The molecule has 1 aromatic rings. The van der Waals surface area contributed by atoms with Crippen LogP contribution in [0.2, 0.25) is 0 Å². The Bertz CT molecular complexity index is 341. The van der Waals surface area contributed by atoms with Crippen LogP contribution in [0.15, 0.2) is 18.2 Å². The van der Waals surface area contributed by atoms with Crippen LogP contribution < -0.4 is 16.6 Å². The van der Waals surface area contributed by atoms with Crippen molar-refractivity contribution >= 4 is 11.6 Å². The topological polar surface area (TPSA) is 67.2 Å². The second-order valence-corrected chi connectivity index (χ2v) is 2.90. The fraction of sp³-hybridized carbons (Fsp3) is 0.222. The highest BCUT2D eigenvalue weighted by atomic mass is 19.1. The van der Waals surface area contributed by atoms with Crippen LogP contribution in [0.4, 0.5) is 10.1 Å². The van der Waals surface area contributed by atoms with Crippen LogP contribution in [0.3, 0.4) is 0 Å². The highest BCUT2D eigenvalue weighted by Crippen LogP contribution is 2.14. The number of carbonyl (C=O) groups excluding carboxylic acids is 1. The molecule has 0 fully saturated rings. The number of hydrogen-bond acceptors (Lipinski definition) is 3. The van der Waals surface area contributed by atoms with Gasteiger partial charge in [0.25, 0.3) is 5.91 Å². The number of amides is 1. The van der Waals surface area contributed by atoms with Crippen molar-refractivity contribution in [2.45, 2.75) is 6.92 Å². The van der Waals surface area contributed by atoms with Crippen LogP contribution in [0.5, 0.6) is 0 Å². The minimum atomic E-state index is -0.398. The Morgan fingerprint density at radius 2 is 2.29 bits per heavy atom. The van der Waals surface area contributed by atoms with E-state index in [2.05, 4.69) is 5.32 Å². The first-order chi connectivity index (χ1) is 6.63. The van der Waals surface area contributed by atoms with Crippen LogP contribution in [0.25, 0.3) is 0 Å². The van der Waals surface area contributed by atoms with Crippen LogP contribution in [-0.4, -0.2) is 12.5 Å². The number of benzene rings is 1. The molecule has 0 aliphatic heterocycles. The lowest BCUT2D eigenvalue weighted by Gasteiger charge is -2.06. The molecule has 76 valence electrons. The Morgan fingerprint density at radius 3 is 2.86 bits per heavy atom. The number of anilines is 1. The molecule has 14 heavy (non-hydrogen) atoms. The van der Waals surface area contributed by atoms with E-state index in [1.807, 2.05) is 5.43 Å². The van der Waals surface area contributed by atoms with E-state index in [4.69, 9.17) is 5.84 Å². The van der Waals surface area contributed by atoms with E-state index < -0.39 is 5.91 Å². The third-order valence-electron chi connectivity index (χ3n) is 1.72. The highest BCUT2D eigenvalue weighted by molar-refractivity contribution is 5.80. The van der Waals surface area contributed by atoms with E-state index in [1.54, 1.807) is 19.1 Å². The van der Waals surface area contributed by atoms with Crippen LogP contribution in [0, 0.1) is 12.7 Å². The molecule has 0 aliphatic carbocycles. The van der Waals surface area contributed by atoms with E-state index in [9.17, 15) is 9.18 Å². The minimum absolute atomic E-state index is 0.0452. The van der Waals surface area contributed by atoms with E-state index in [0.717, 1.165) is 5.56 Å². The molecule has 0 spiro atoms. The number of hydrazine groups is 1. The lowest BCUT2D eigenvalue weighted by atomic mass is 10.2. The fourth-order valence-corrected chi connectivity index (χ4v) is 0.990. The number of hydrogen-bond donors (Lipinski definition) is 3. The maximum atomic E-state index is 13.2. The molecule has 0 atom stereocenters. The third kappa shape index (κ3) is 2.70. The monoisotopic (exact) mass is 197 g/mol. The molecule has 1 amide bonds. The lowest BCUT2D eigenvalue weighted by Crippen LogP contribution is -2.35. The van der Waals surface area contributed by atoms with Gasteiger partial charge in [0, 0.05) is 0 Å². The predicted molar refractivity (Wildman–Crippen MR) is 52.0 cm³/mol. The van der Waals surface area contributed by atoms with Gasteiger partial charge in [-0.1, -0.05) is 6.07 Å². The van der Waals surface area contributed by atoms with E-state index in [-0.39, 0.29) is 12.4 Å². The van der Waals surface area contributed by atoms with Crippen LogP contribution in [-0.2, 0) is 4.79 Å². The molecule has 5 heteroatoms. The smallest absolute Gasteiger partial charge is 0.253 e. The van der Waals surface area contributed by atoms with Gasteiger partial charge in [0.05, 0.1) is 12.2 Å². The summed E-state index contributed by atoms with van der Waals surface area (Å²) in [6.07, 6.45) is 0. The fourth-order valence-electron chi connectivity index (χ4n) is 0.990. The van der Waals surface area contributed by atoms with Gasteiger partial charge in [-0.2, -0.15) is 0 Å². The summed E-state index contributed by atoms with van der Waals surface area (Å²) in [7, 11) is 0. The lowest BCUT2D eigenvalue weighted by molar-refractivity contribution is -0.119. The molecule has 1 aromatic carbocycles. The zero-order chi connectivity index (χ0) is 10.6. The van der Waals surface area contributed by atoms with Crippen molar-refractivity contribution in [3.8, 4) is 0 Å². The average molecular weight is 197 g/mol. The molecule has 0 heterocycles. The summed E-state index contributed by atoms with van der Waals surface area (Å²) in [5.74, 6) is 4.09. The highest BCUT2D eigenvalue weighted by Gasteiger charge is 2.03. The van der Waals surface area contributed by atoms with Gasteiger partial charge < -0.3 is 5.32 Å². The zero-order valence-electron chi connectivity index (χ0n) is 7.80. The molecule has 0 aliphatic rings. The van der Waals surface area contributed by atoms with Gasteiger partial charge >= 0.3 is 0 Å². The number of halogens is 1. The quantitative estimate of drug-likeness (QED) is 0.376. The molecule has 4 nitrogen and oxygen atoms in total. The van der Waals surface area contributed by atoms with E-state index in [0.29, 0.717) is 5.69 Å². The van der Waals surface area contributed by atoms with Crippen molar-refractivity contribution in [1.82, 2.24) is 5.43 Å². The Kier molecular flexibility index (Phi) is 3.41. The number of nitrogens with two attached hydrogens (primary N) is 1. The summed E-state index contributed by atoms with van der Waals surface area (Å²) < 4.78 is 13.2. The Balaban J connectivity index is 2.63. The first-order valence-corrected chi connectivity index (χ1v) is 4.13. The number of nitrogens with one attached hydrogen (secondary N) is 2. The molecule has 0 aromatic heterocycles. The van der Waals surface area contributed by atoms with Crippen molar-refractivity contribution in [3.05, 3.63) is 29.6 Å². The summed E-state index contributed by atoms with van der Waals surface area (Å²) in [5, 5.41) is 2.62. The van der Waals surface area contributed by atoms with Gasteiger partial charge in [0.15, 0.2) is 0 Å². The molecule has 0 unspecified atom stereocenters. The normalized spacial score (nSPS) is 9.64. The number of rotatable bonds is 3. The number of aryl methyl sites for hydroxylation is 1. The van der Waals surface area contributed by atoms with Gasteiger partial charge in [0.1, 0.15) is 5.82 Å². The van der Waals surface area contributed by atoms with Gasteiger partial charge in [0.2, 0.25) is 0 Å². The molecular weight excluding hydrogens is 185 g/mol. The summed E-state index contributed by atoms with van der Waals surface area (Å²) in [4.78, 5) is 10.7. The van der Waals surface area contributed by atoms with Crippen molar-refractivity contribution in [3.63, 3.8) is 0 Å². The maximum Gasteiger partial charge on any atom is 0.253 e. The van der Waals surface area contributed by atoms with Crippen LogP contribution in [0.1, 0.15) is 5.56 Å². The van der Waals surface area contributed by atoms with Gasteiger partial charge in [-0.05, 0) is 24.6 Å². The molecular formula is C9H12FN3O. The first-order valence-electron chi connectivity index (χ1n) is 4.13. The third-order valence-corrected chi connectivity index (χ3v) is 1.72. The maximum absolute atomic E-state index is 13.2. The van der Waals surface area contributed by atoms with Crippen molar-refractivity contribution in [1.29, 1.82) is 0 Å². The Labute approximate surface area is 81.3 Å². The zero-order valence-corrected chi connectivity index (χ0v) is 7.80. The van der Waals surface area contributed by atoms with E-state index in [1.165, 1.54) is 6.07 Å².